The van der Waals surface area contributed by atoms with Crippen LogP contribution in [0.5, 0.6) is 0 Å². The first kappa shape index (κ1) is 15.3. The zero-order valence-corrected chi connectivity index (χ0v) is 12.9. The maximum absolute atomic E-state index is 11.5. The molecule has 1 saturated carbocycles. The molecule has 0 unspecified atom stereocenters. The zero-order chi connectivity index (χ0) is 14.8. The maximum atomic E-state index is 11.5. The zero-order valence-electron chi connectivity index (χ0n) is 12.9. The van der Waals surface area contributed by atoms with Gasteiger partial charge in [0.05, 0.1) is 12.1 Å². The van der Waals surface area contributed by atoms with Crippen molar-refractivity contribution in [1.82, 2.24) is 9.80 Å². The van der Waals surface area contributed by atoms with Crippen LogP contribution >= 0.6 is 0 Å². The number of rotatable bonds is 3. The third-order valence-electron chi connectivity index (χ3n) is 5.75. The minimum atomic E-state index is -0.155. The summed E-state index contributed by atoms with van der Waals surface area (Å²) in [7, 11) is 0. The highest BCUT2D eigenvalue weighted by Crippen LogP contribution is 2.29. The molecule has 2 heterocycles. The highest BCUT2D eigenvalue weighted by molar-refractivity contribution is 5.80. The third-order valence-corrected chi connectivity index (χ3v) is 5.75. The molecule has 2 saturated heterocycles. The summed E-state index contributed by atoms with van der Waals surface area (Å²) >= 11 is 0. The van der Waals surface area contributed by atoms with Crippen molar-refractivity contribution >= 4 is 5.91 Å². The van der Waals surface area contributed by atoms with Crippen molar-refractivity contribution in [1.29, 1.82) is 0 Å². The number of nitrogens with two attached hydrogens (primary N) is 1. The van der Waals surface area contributed by atoms with Crippen LogP contribution in [0, 0.1) is 0 Å². The van der Waals surface area contributed by atoms with Crippen LogP contribution in [0.4, 0.5) is 0 Å². The molecule has 3 N–H and O–H groups in total. The number of hydrogen-bond donors (Lipinski definition) is 2. The fraction of sp³-hybridized carbons (Fsp3) is 0.938. The van der Waals surface area contributed by atoms with Gasteiger partial charge in [0.2, 0.25) is 5.91 Å². The van der Waals surface area contributed by atoms with Gasteiger partial charge in [-0.2, -0.15) is 0 Å². The van der Waals surface area contributed by atoms with Crippen molar-refractivity contribution in [2.75, 3.05) is 19.6 Å². The number of carbonyl (C=O) groups is 1. The van der Waals surface area contributed by atoms with E-state index in [-0.39, 0.29) is 18.1 Å². The van der Waals surface area contributed by atoms with Gasteiger partial charge in [-0.1, -0.05) is 12.8 Å². The van der Waals surface area contributed by atoms with Crippen LogP contribution in [0.2, 0.25) is 0 Å². The van der Waals surface area contributed by atoms with Gasteiger partial charge in [0.25, 0.3) is 0 Å². The maximum Gasteiger partial charge on any atom is 0.234 e. The Morgan fingerprint density at radius 1 is 0.952 bits per heavy atom. The molecule has 1 aliphatic carbocycles. The summed E-state index contributed by atoms with van der Waals surface area (Å²) in [5, 5.41) is 10.2. The van der Waals surface area contributed by atoms with Crippen LogP contribution in [0.3, 0.4) is 0 Å². The molecule has 0 radical (unpaired) electrons. The number of nitrogens with zero attached hydrogens (tertiary/aromatic N) is 2. The van der Waals surface area contributed by atoms with E-state index < -0.39 is 0 Å². The Morgan fingerprint density at radius 2 is 1.67 bits per heavy atom. The molecule has 0 aromatic heterocycles. The number of hydrogen-bond acceptors (Lipinski definition) is 4. The fourth-order valence-corrected chi connectivity index (χ4v) is 4.60. The van der Waals surface area contributed by atoms with Crippen LogP contribution < -0.4 is 5.73 Å². The summed E-state index contributed by atoms with van der Waals surface area (Å²) in [5.74, 6) is -0.155. The Hall–Kier alpha value is -0.650. The summed E-state index contributed by atoms with van der Waals surface area (Å²) < 4.78 is 0. The first-order chi connectivity index (χ1) is 10.2. The highest BCUT2D eigenvalue weighted by Gasteiger charge is 2.37. The van der Waals surface area contributed by atoms with E-state index in [0.717, 1.165) is 58.2 Å². The highest BCUT2D eigenvalue weighted by atomic mass is 16.3. The van der Waals surface area contributed by atoms with Gasteiger partial charge in [-0.15, -0.1) is 0 Å². The monoisotopic (exact) mass is 295 g/mol. The van der Waals surface area contributed by atoms with E-state index in [9.17, 15) is 9.90 Å². The van der Waals surface area contributed by atoms with Crippen molar-refractivity contribution in [3.8, 4) is 0 Å². The van der Waals surface area contributed by atoms with Crippen LogP contribution in [0.1, 0.15) is 51.4 Å². The Labute approximate surface area is 127 Å². The second-order valence-electron chi connectivity index (χ2n) is 6.98. The molecule has 0 spiro atoms. The number of aliphatic hydroxyl groups excluding tert-OH is 1. The molecule has 2 aliphatic heterocycles. The van der Waals surface area contributed by atoms with E-state index in [1.54, 1.807) is 0 Å². The second-order valence-corrected chi connectivity index (χ2v) is 6.98. The smallest absolute Gasteiger partial charge is 0.234 e. The average Bonchev–Trinajstić information content (AvgIpc) is 2.98. The molecular formula is C16H29N3O2. The van der Waals surface area contributed by atoms with E-state index in [0.29, 0.717) is 12.1 Å². The van der Waals surface area contributed by atoms with Crippen molar-refractivity contribution < 1.29 is 9.90 Å². The molecule has 21 heavy (non-hydrogen) atoms. The van der Waals surface area contributed by atoms with E-state index in [4.69, 9.17) is 5.73 Å². The van der Waals surface area contributed by atoms with Crippen molar-refractivity contribution in [2.45, 2.75) is 75.6 Å². The Balaban J connectivity index is 1.54. The first-order valence-electron chi connectivity index (χ1n) is 8.64. The Kier molecular flexibility index (Phi) is 4.82. The molecule has 0 aromatic carbocycles. The van der Waals surface area contributed by atoms with Gasteiger partial charge in [0.1, 0.15) is 0 Å². The lowest BCUT2D eigenvalue weighted by molar-refractivity contribution is -0.123. The van der Waals surface area contributed by atoms with Crippen molar-refractivity contribution in [3.63, 3.8) is 0 Å². The minimum absolute atomic E-state index is 0.0400. The topological polar surface area (TPSA) is 69.8 Å². The average molecular weight is 295 g/mol. The van der Waals surface area contributed by atoms with Crippen LogP contribution in [0.25, 0.3) is 0 Å². The van der Waals surface area contributed by atoms with Gasteiger partial charge in [-0.25, -0.2) is 0 Å². The molecule has 3 atom stereocenters. The number of likely N-dealkylation sites (tertiary alicyclic amines) is 2. The Morgan fingerprint density at radius 3 is 2.33 bits per heavy atom. The molecule has 3 fully saturated rings. The molecule has 120 valence electrons. The lowest BCUT2D eigenvalue weighted by atomic mass is 9.89. The van der Waals surface area contributed by atoms with Crippen LogP contribution in [0.15, 0.2) is 0 Å². The fourth-order valence-electron chi connectivity index (χ4n) is 4.60. The molecule has 5 nitrogen and oxygen atoms in total. The van der Waals surface area contributed by atoms with Crippen LogP contribution in [-0.4, -0.2) is 64.7 Å². The molecule has 5 heteroatoms. The van der Waals surface area contributed by atoms with Gasteiger partial charge >= 0.3 is 0 Å². The van der Waals surface area contributed by atoms with E-state index in [2.05, 4.69) is 9.80 Å². The number of piperidine rings is 1. The molecule has 0 bridgehead atoms. The third kappa shape index (κ3) is 3.25. The van der Waals surface area contributed by atoms with Crippen LogP contribution in [-0.2, 0) is 4.79 Å². The first-order valence-corrected chi connectivity index (χ1v) is 8.64. The normalized spacial score (nSPS) is 36.9. The number of amides is 1. The molecular weight excluding hydrogens is 266 g/mol. The number of carbonyl (C=O) groups excluding carboxylic acids is 1. The van der Waals surface area contributed by atoms with E-state index in [1.165, 1.54) is 12.8 Å². The molecule has 3 rings (SSSR count). The second kappa shape index (κ2) is 6.63. The standard InChI is InChI=1S/C16H29N3O2/c17-16(21)14-5-3-9-19(14)12-7-10-18(11-8-12)13-4-1-2-6-15(13)20/h12-15,20H,1-11H2,(H2,17,21)/t13-,14-,15+/m0/s1. The SMILES string of the molecule is NC(=O)[C@@H]1CCCN1C1CCN([C@H]2CCCC[C@H]2O)CC1. The quantitative estimate of drug-likeness (QED) is 0.804. The van der Waals surface area contributed by atoms with Gasteiger partial charge < -0.3 is 10.8 Å². The van der Waals surface area contributed by atoms with E-state index >= 15 is 0 Å². The predicted octanol–water partition coefficient (Wildman–Crippen LogP) is 0.704. The molecule has 0 aromatic rings. The largest absolute Gasteiger partial charge is 0.391 e. The summed E-state index contributed by atoms with van der Waals surface area (Å²) in [4.78, 5) is 16.4. The summed E-state index contributed by atoms with van der Waals surface area (Å²) in [6, 6.07) is 0.828. The lowest BCUT2D eigenvalue weighted by Gasteiger charge is -2.44. The van der Waals surface area contributed by atoms with Crippen molar-refractivity contribution in [2.24, 2.45) is 5.73 Å². The van der Waals surface area contributed by atoms with Crippen molar-refractivity contribution in [3.05, 3.63) is 0 Å². The summed E-state index contributed by atoms with van der Waals surface area (Å²) in [6.07, 6.45) is 8.60. The Bertz CT molecular complexity index is 369. The van der Waals surface area contributed by atoms with Gasteiger partial charge in [0.15, 0.2) is 0 Å². The number of primary amides is 1. The minimum Gasteiger partial charge on any atom is -0.391 e. The summed E-state index contributed by atoms with van der Waals surface area (Å²) in [5.41, 5.74) is 5.53. The summed E-state index contributed by atoms with van der Waals surface area (Å²) in [6.45, 7) is 3.12. The molecule has 1 amide bonds. The lowest BCUT2D eigenvalue weighted by Crippen LogP contribution is -2.54. The van der Waals surface area contributed by atoms with Gasteiger partial charge in [0, 0.05) is 25.2 Å². The number of aliphatic hydroxyl groups is 1. The molecule has 3 aliphatic rings. The van der Waals surface area contributed by atoms with E-state index in [1.807, 2.05) is 0 Å². The van der Waals surface area contributed by atoms with Gasteiger partial charge in [-0.05, 0) is 45.1 Å². The van der Waals surface area contributed by atoms with Gasteiger partial charge in [-0.3, -0.25) is 14.6 Å². The predicted molar refractivity (Wildman–Crippen MR) is 81.8 cm³/mol.